The van der Waals surface area contributed by atoms with E-state index in [9.17, 15) is 22.8 Å². The van der Waals surface area contributed by atoms with Crippen molar-refractivity contribution in [3.8, 4) is 0 Å². The molecule has 1 aromatic rings. The minimum absolute atomic E-state index is 0.0824. The van der Waals surface area contributed by atoms with Gasteiger partial charge in [0.2, 0.25) is 6.10 Å². The van der Waals surface area contributed by atoms with Gasteiger partial charge >= 0.3 is 18.1 Å². The lowest BCUT2D eigenvalue weighted by atomic mass is 9.87. The summed E-state index contributed by atoms with van der Waals surface area (Å²) in [6.45, 7) is -0.367. The van der Waals surface area contributed by atoms with Crippen LogP contribution in [-0.4, -0.2) is 43.5 Å². The van der Waals surface area contributed by atoms with Gasteiger partial charge in [0, 0.05) is 12.1 Å². The van der Waals surface area contributed by atoms with Gasteiger partial charge in [-0.2, -0.15) is 13.2 Å². The van der Waals surface area contributed by atoms with Gasteiger partial charge in [-0.05, 0) is 6.07 Å². The maximum atomic E-state index is 12.8. The highest BCUT2D eigenvalue weighted by Gasteiger charge is 2.51. The largest absolute Gasteiger partial charge is 0.471 e. The van der Waals surface area contributed by atoms with Gasteiger partial charge in [0.15, 0.2) is 0 Å². The van der Waals surface area contributed by atoms with Gasteiger partial charge in [-0.3, -0.25) is 4.79 Å². The maximum absolute atomic E-state index is 12.8. The van der Waals surface area contributed by atoms with Crippen LogP contribution in [0.15, 0.2) is 29.4 Å². The van der Waals surface area contributed by atoms with Gasteiger partial charge in [-0.1, -0.05) is 23.4 Å². The number of nitrogens with zero attached hydrogens (tertiary/aromatic N) is 2. The first-order valence-corrected chi connectivity index (χ1v) is 6.64. The average molecular weight is 328 g/mol. The molecule has 0 aliphatic carbocycles. The van der Waals surface area contributed by atoms with E-state index >= 15 is 0 Å². The molecule has 3 rings (SSSR count). The lowest BCUT2D eigenvalue weighted by Gasteiger charge is -2.33. The van der Waals surface area contributed by atoms with Crippen LogP contribution in [0.2, 0.25) is 0 Å². The van der Waals surface area contributed by atoms with Crippen molar-refractivity contribution in [1.29, 1.82) is 0 Å². The highest BCUT2D eigenvalue weighted by Crippen LogP contribution is 2.37. The van der Waals surface area contributed by atoms with Crippen molar-refractivity contribution in [2.24, 2.45) is 11.1 Å². The van der Waals surface area contributed by atoms with Crippen molar-refractivity contribution < 1.29 is 32.3 Å². The van der Waals surface area contributed by atoms with Gasteiger partial charge < -0.3 is 14.5 Å². The number of rotatable bonds is 1. The fourth-order valence-electron chi connectivity index (χ4n) is 2.72. The van der Waals surface area contributed by atoms with Crippen LogP contribution >= 0.6 is 0 Å². The predicted octanol–water partition coefficient (Wildman–Crippen LogP) is 1.49. The molecule has 0 bridgehead atoms. The van der Waals surface area contributed by atoms with Crippen LogP contribution in [0.1, 0.15) is 5.56 Å². The molecule has 0 fully saturated rings. The third-order valence-electron chi connectivity index (χ3n) is 3.75. The summed E-state index contributed by atoms with van der Waals surface area (Å²) in [7, 11) is 1.14. The first-order chi connectivity index (χ1) is 10.8. The van der Waals surface area contributed by atoms with Crippen LogP contribution in [-0.2, 0) is 19.2 Å². The Morgan fingerprint density at radius 1 is 1.35 bits per heavy atom. The molecule has 122 valence electrons. The highest BCUT2D eigenvalue weighted by molar-refractivity contribution is 6.14. The number of ether oxygens (including phenoxy) is 1. The van der Waals surface area contributed by atoms with E-state index < -0.39 is 30.1 Å². The Morgan fingerprint density at radius 2 is 2.04 bits per heavy atom. The number of hydrogen-bond acceptors (Lipinski definition) is 5. The summed E-state index contributed by atoms with van der Waals surface area (Å²) in [4.78, 5) is 29.0. The zero-order valence-electron chi connectivity index (χ0n) is 11.8. The first-order valence-electron chi connectivity index (χ1n) is 6.64. The SMILES string of the molecule is COC(=O)C1ON=C2c3ccccc3N(C(=O)C(F)(F)F)CC21. The highest BCUT2D eigenvalue weighted by atomic mass is 19.4. The smallest absolute Gasteiger partial charge is 0.466 e. The summed E-state index contributed by atoms with van der Waals surface area (Å²) in [6.07, 6.45) is -6.20. The van der Waals surface area contributed by atoms with Gasteiger partial charge in [0.1, 0.15) is 0 Å². The van der Waals surface area contributed by atoms with E-state index in [4.69, 9.17) is 4.84 Å². The zero-order valence-corrected chi connectivity index (χ0v) is 11.8. The molecule has 0 saturated carbocycles. The molecule has 2 unspecified atom stereocenters. The average Bonchev–Trinajstić information content (AvgIpc) is 2.95. The van der Waals surface area contributed by atoms with Gasteiger partial charge in [0.05, 0.1) is 24.4 Å². The summed E-state index contributed by atoms with van der Waals surface area (Å²) in [5, 5.41) is 3.80. The third-order valence-corrected chi connectivity index (χ3v) is 3.75. The molecule has 0 spiro atoms. The molecule has 0 radical (unpaired) electrons. The minimum Gasteiger partial charge on any atom is -0.466 e. The van der Waals surface area contributed by atoms with Crippen LogP contribution in [0.3, 0.4) is 0 Å². The van der Waals surface area contributed by atoms with E-state index in [1.165, 1.54) is 18.2 Å². The van der Waals surface area contributed by atoms with Crippen LogP contribution in [0.4, 0.5) is 18.9 Å². The standard InChI is InChI=1S/C14H11F3N2O4/c1-22-12(20)11-8-6-19(13(21)14(15,16)17)9-5-3-2-4-7(9)10(8)18-23-11/h2-5,8,11H,6H2,1H3. The van der Waals surface area contributed by atoms with E-state index in [1.807, 2.05) is 0 Å². The van der Waals surface area contributed by atoms with Crippen LogP contribution in [0.25, 0.3) is 0 Å². The van der Waals surface area contributed by atoms with E-state index in [1.54, 1.807) is 6.07 Å². The van der Waals surface area contributed by atoms with Crippen molar-refractivity contribution >= 4 is 23.3 Å². The second kappa shape index (κ2) is 5.25. The number of methoxy groups -OCH3 is 1. The summed E-state index contributed by atoms with van der Waals surface area (Å²) in [6, 6.07) is 6.04. The number of amides is 1. The van der Waals surface area contributed by atoms with Crippen molar-refractivity contribution in [2.75, 3.05) is 18.6 Å². The van der Waals surface area contributed by atoms with E-state index in [0.717, 1.165) is 7.11 Å². The fraction of sp³-hybridized carbons (Fsp3) is 0.357. The number of anilines is 1. The number of carbonyl (C=O) groups is 2. The molecule has 6 nitrogen and oxygen atoms in total. The van der Waals surface area contributed by atoms with Crippen LogP contribution in [0, 0.1) is 5.92 Å². The monoisotopic (exact) mass is 328 g/mol. The molecular formula is C14H11F3N2O4. The summed E-state index contributed by atoms with van der Waals surface area (Å²) >= 11 is 0. The lowest BCUT2D eigenvalue weighted by Crippen LogP contribution is -2.51. The van der Waals surface area contributed by atoms with Crippen molar-refractivity contribution in [1.82, 2.24) is 0 Å². The van der Waals surface area contributed by atoms with Gasteiger partial charge in [-0.15, -0.1) is 0 Å². The van der Waals surface area contributed by atoms with Gasteiger partial charge in [-0.25, -0.2) is 4.79 Å². The molecule has 0 aromatic heterocycles. The Labute approximate surface area is 128 Å². The zero-order chi connectivity index (χ0) is 16.8. The molecule has 23 heavy (non-hydrogen) atoms. The first kappa shape index (κ1) is 15.3. The third kappa shape index (κ3) is 2.41. The summed E-state index contributed by atoms with van der Waals surface area (Å²) in [5.41, 5.74) is 0.744. The number of para-hydroxylation sites is 1. The molecular weight excluding hydrogens is 317 g/mol. The fourth-order valence-corrected chi connectivity index (χ4v) is 2.72. The Morgan fingerprint density at radius 3 is 2.70 bits per heavy atom. The van der Waals surface area contributed by atoms with Crippen LogP contribution < -0.4 is 4.90 Å². The normalized spacial score (nSPS) is 22.6. The van der Waals surface area contributed by atoms with Crippen molar-refractivity contribution in [3.05, 3.63) is 29.8 Å². The molecule has 1 amide bonds. The van der Waals surface area contributed by atoms with Crippen molar-refractivity contribution in [3.63, 3.8) is 0 Å². The molecule has 1 aromatic carbocycles. The van der Waals surface area contributed by atoms with E-state index in [2.05, 4.69) is 9.89 Å². The number of hydrogen-bond donors (Lipinski definition) is 0. The maximum Gasteiger partial charge on any atom is 0.471 e. The summed E-state index contributed by atoms with van der Waals surface area (Å²) in [5.74, 6) is -3.57. The summed E-state index contributed by atoms with van der Waals surface area (Å²) < 4.78 is 43.1. The minimum atomic E-state index is -5.03. The number of alkyl halides is 3. The molecule has 2 atom stereocenters. The number of fused-ring (bicyclic) bond motifs is 3. The molecule has 2 aliphatic heterocycles. The Kier molecular flexibility index (Phi) is 3.50. The number of halogens is 3. The molecule has 2 aliphatic rings. The van der Waals surface area contributed by atoms with E-state index in [0.29, 0.717) is 16.2 Å². The second-order valence-corrected chi connectivity index (χ2v) is 5.06. The number of oxime groups is 1. The van der Waals surface area contributed by atoms with E-state index in [-0.39, 0.29) is 12.2 Å². The quantitative estimate of drug-likeness (QED) is 0.733. The topological polar surface area (TPSA) is 68.2 Å². The molecule has 9 heteroatoms. The van der Waals surface area contributed by atoms with Crippen LogP contribution in [0.5, 0.6) is 0 Å². The van der Waals surface area contributed by atoms with Crippen molar-refractivity contribution in [2.45, 2.75) is 12.3 Å². The molecule has 0 N–H and O–H groups in total. The number of esters is 1. The Hall–Kier alpha value is -2.58. The predicted molar refractivity (Wildman–Crippen MR) is 71.8 cm³/mol. The van der Waals surface area contributed by atoms with Gasteiger partial charge in [0.25, 0.3) is 0 Å². The second-order valence-electron chi connectivity index (χ2n) is 5.06. The Balaban J connectivity index is 2.05. The Bertz CT molecular complexity index is 702. The number of carbonyl (C=O) groups excluding carboxylic acids is 2. The number of benzene rings is 1. The molecule has 2 heterocycles. The molecule has 0 saturated heterocycles. The lowest BCUT2D eigenvalue weighted by molar-refractivity contribution is -0.170.